The number of aromatic nitrogens is 6. The summed E-state index contributed by atoms with van der Waals surface area (Å²) in [5.74, 6) is 4.15. The van der Waals surface area contributed by atoms with Crippen molar-refractivity contribution in [1.29, 1.82) is 5.26 Å². The number of aryl methyl sites for hydroxylation is 4. The van der Waals surface area contributed by atoms with Crippen molar-refractivity contribution in [2.45, 2.75) is 70.7 Å². The molecule has 0 saturated carbocycles. The third kappa shape index (κ3) is 11.2. The topological polar surface area (TPSA) is 194 Å². The number of halogens is 3. The average molecular weight is 1010 g/mol. The summed E-state index contributed by atoms with van der Waals surface area (Å²) in [5, 5.41) is 23.4. The molecule has 352 valence electrons. The van der Waals surface area contributed by atoms with E-state index in [1.807, 2.05) is 18.7 Å². The summed E-state index contributed by atoms with van der Waals surface area (Å²) in [6, 6.07) is 17.9. The van der Waals surface area contributed by atoms with Crippen LogP contribution < -0.4 is 18.0 Å². The molecule has 0 atom stereocenters. The molecule has 16 nitrogen and oxygen atoms in total. The van der Waals surface area contributed by atoms with Gasteiger partial charge in [0.05, 0.1) is 41.5 Å². The van der Waals surface area contributed by atoms with E-state index < -0.39 is 26.0 Å². The highest BCUT2D eigenvalue weighted by molar-refractivity contribution is 7.87. The predicted molar refractivity (Wildman–Crippen MR) is 256 cm³/mol. The van der Waals surface area contributed by atoms with Crippen LogP contribution in [-0.2, 0) is 45.7 Å². The molecule has 0 radical (unpaired) electrons. The van der Waals surface area contributed by atoms with Gasteiger partial charge in [-0.05, 0) is 88.6 Å². The first-order chi connectivity index (χ1) is 31.6. The zero-order valence-corrected chi connectivity index (χ0v) is 41.6. The van der Waals surface area contributed by atoms with Crippen LogP contribution >= 0.6 is 34.8 Å². The minimum absolute atomic E-state index is 0.0161. The number of hydrogen-bond donors (Lipinski definition) is 0. The molecule has 0 fully saturated rings. The molecule has 2 aliphatic rings. The number of ether oxygens (including phenoxy) is 1. The van der Waals surface area contributed by atoms with Gasteiger partial charge in [-0.15, -0.1) is 6.42 Å². The van der Waals surface area contributed by atoms with Gasteiger partial charge < -0.3 is 18.0 Å². The fraction of sp³-hybridized carbons (Fsp3) is 0.326. The highest BCUT2D eigenvalue weighted by Gasteiger charge is 2.33. The maximum Gasteiger partial charge on any atom is 0.340 e. The quantitative estimate of drug-likeness (QED) is 0.0683. The van der Waals surface area contributed by atoms with Crippen LogP contribution in [0.2, 0.25) is 15.1 Å². The van der Waals surface area contributed by atoms with Crippen molar-refractivity contribution in [3.63, 3.8) is 0 Å². The van der Waals surface area contributed by atoms with Crippen molar-refractivity contribution in [2.75, 3.05) is 30.9 Å². The lowest BCUT2D eigenvalue weighted by atomic mass is 9.87. The summed E-state index contributed by atoms with van der Waals surface area (Å²) in [5.41, 5.74) is 3.76. The maximum absolute atomic E-state index is 13.0. The third-order valence-electron chi connectivity index (χ3n) is 10.7. The van der Waals surface area contributed by atoms with E-state index in [1.54, 1.807) is 53.8 Å². The zero-order valence-electron chi connectivity index (χ0n) is 37.7. The zero-order chi connectivity index (χ0) is 49.0. The van der Waals surface area contributed by atoms with Gasteiger partial charge in [0.25, 0.3) is 0 Å². The maximum atomic E-state index is 13.0. The highest BCUT2D eigenvalue weighted by atomic mass is 35.5. The Kier molecular flexibility index (Phi) is 15.4. The second-order valence-electron chi connectivity index (χ2n) is 16.2. The average Bonchev–Trinajstić information content (AvgIpc) is 4.02. The Morgan fingerprint density at radius 2 is 1.72 bits per heavy atom. The Hall–Kier alpha value is -6.02. The standard InChI is InChI=1S/C19H16Cl2N2O4S.C15H15ClN6.C12H16O4S/c1-11-4-7-14(8-5-11)28(25,26)27-19-17(12(2)22-23(19)3)18(24)15-9-6-13(20)10-16(15)21;1-3-7-20(2)15-11(9-17)10-18-22(15)14-13(16)12-6-4-5-8-21(12)19-14;1-4-17(13,14)16-9-5-6-11-10(7-9)12(2,3)8-15-11/h4-10H,1-3H3;1,10H,4-8H2,2H3;5-7H,4,8H2,1-3H3. The van der Waals surface area contributed by atoms with E-state index in [2.05, 4.69) is 41.1 Å². The third-order valence-corrected chi connectivity index (χ3v) is 14.0. The van der Waals surface area contributed by atoms with Gasteiger partial charge in [0, 0.05) is 42.2 Å². The Morgan fingerprint density at radius 1 is 1.00 bits per heavy atom. The molecule has 2 aliphatic heterocycles. The van der Waals surface area contributed by atoms with Crippen molar-refractivity contribution in [3.05, 3.63) is 121 Å². The fourth-order valence-electron chi connectivity index (χ4n) is 7.15. The Bertz CT molecular complexity index is 3150. The molecule has 0 aliphatic carbocycles. The van der Waals surface area contributed by atoms with Gasteiger partial charge in [0.1, 0.15) is 38.6 Å². The van der Waals surface area contributed by atoms with Crippen LogP contribution in [0, 0.1) is 37.5 Å². The molecule has 0 N–H and O–H groups in total. The normalized spacial score (nSPS) is 13.6. The summed E-state index contributed by atoms with van der Waals surface area (Å²) in [6.07, 6.45) is 10.00. The van der Waals surface area contributed by atoms with Crippen LogP contribution in [0.4, 0.5) is 5.82 Å². The molecule has 21 heteroatoms. The SMILES string of the molecule is C#CCN(C)c1c(C#N)cnn1-c1nn2c(c1Cl)CCCC2.CCS(=O)(=O)Oc1ccc2c(c1)C(C)(C)CO2.Cc1ccc(S(=O)(=O)Oc2c(C(=O)c3ccc(Cl)cc3Cl)c(C)nn2C)cc1. The Balaban J connectivity index is 0.000000171. The van der Waals surface area contributed by atoms with Crippen molar-refractivity contribution in [2.24, 2.45) is 7.05 Å². The number of nitriles is 1. The molecule has 8 rings (SSSR count). The monoisotopic (exact) mass is 1010 g/mol. The van der Waals surface area contributed by atoms with Crippen LogP contribution in [0.15, 0.2) is 71.8 Å². The number of nitrogens with zero attached hydrogens (tertiary/aromatic N) is 8. The first kappa shape index (κ1) is 50.4. The number of ketones is 1. The van der Waals surface area contributed by atoms with Crippen molar-refractivity contribution in [3.8, 4) is 41.6 Å². The van der Waals surface area contributed by atoms with Crippen LogP contribution in [-0.4, -0.2) is 77.9 Å². The highest BCUT2D eigenvalue weighted by Crippen LogP contribution is 2.40. The fourth-order valence-corrected chi connectivity index (χ4v) is 9.43. The molecule has 5 heterocycles. The lowest BCUT2D eigenvalue weighted by Crippen LogP contribution is -2.21. The van der Waals surface area contributed by atoms with Gasteiger partial charge in [-0.3, -0.25) is 9.48 Å². The van der Waals surface area contributed by atoms with Gasteiger partial charge in [-0.1, -0.05) is 72.3 Å². The Morgan fingerprint density at radius 3 is 2.36 bits per heavy atom. The minimum atomic E-state index is -4.16. The number of rotatable bonds is 11. The molecule has 3 aromatic carbocycles. The number of terminal acetylenes is 1. The van der Waals surface area contributed by atoms with Gasteiger partial charge in [0.15, 0.2) is 11.6 Å². The summed E-state index contributed by atoms with van der Waals surface area (Å²) in [7, 11) is -4.32. The van der Waals surface area contributed by atoms with Crippen LogP contribution in [0.3, 0.4) is 0 Å². The lowest BCUT2D eigenvalue weighted by molar-refractivity contribution is 0.103. The second kappa shape index (κ2) is 20.5. The van der Waals surface area contributed by atoms with Crippen LogP contribution in [0.25, 0.3) is 5.82 Å². The van der Waals surface area contributed by atoms with Crippen LogP contribution in [0.5, 0.6) is 17.4 Å². The Labute approximate surface area is 405 Å². The molecule has 0 spiro atoms. The molecule has 0 unspecified atom stereocenters. The van der Waals surface area contributed by atoms with Gasteiger partial charge in [-0.25, -0.2) is 4.68 Å². The van der Waals surface area contributed by atoms with Crippen LogP contribution in [0.1, 0.15) is 77.6 Å². The van der Waals surface area contributed by atoms with Crippen molar-refractivity contribution in [1.82, 2.24) is 29.3 Å². The molecule has 67 heavy (non-hydrogen) atoms. The first-order valence-electron chi connectivity index (χ1n) is 20.7. The van der Waals surface area contributed by atoms with E-state index in [0.717, 1.165) is 48.4 Å². The van der Waals surface area contributed by atoms with Gasteiger partial charge >= 0.3 is 20.2 Å². The number of anilines is 1. The molecule has 0 bridgehead atoms. The predicted octanol–water partition coefficient (Wildman–Crippen LogP) is 8.43. The smallest absolute Gasteiger partial charge is 0.340 e. The van der Waals surface area contributed by atoms with E-state index >= 15 is 0 Å². The number of benzene rings is 3. The molecule has 0 amide bonds. The van der Waals surface area contributed by atoms with E-state index in [0.29, 0.717) is 51.8 Å². The van der Waals surface area contributed by atoms with E-state index in [9.17, 15) is 26.9 Å². The van der Waals surface area contributed by atoms with Crippen molar-refractivity contribution < 1.29 is 34.7 Å². The summed E-state index contributed by atoms with van der Waals surface area (Å²) < 4.78 is 68.7. The molecular formula is C46H47Cl3N8O8S2. The molecule has 6 aromatic rings. The number of carbonyl (C=O) groups is 1. The van der Waals surface area contributed by atoms with Gasteiger partial charge in [0.2, 0.25) is 11.7 Å². The molecule has 0 saturated heterocycles. The van der Waals surface area contributed by atoms with Crippen molar-refractivity contribution >= 4 is 66.6 Å². The number of hydrogen-bond acceptors (Lipinski definition) is 13. The second-order valence-corrected chi connectivity index (χ2v) is 20.8. The van der Waals surface area contributed by atoms with E-state index in [1.165, 1.54) is 48.3 Å². The summed E-state index contributed by atoms with van der Waals surface area (Å²) in [4.78, 5) is 14.8. The number of carbonyl (C=O) groups excluding carboxylic acids is 1. The lowest BCUT2D eigenvalue weighted by Gasteiger charge is -2.17. The van der Waals surface area contributed by atoms with E-state index in [-0.39, 0.29) is 38.1 Å². The molecule has 3 aromatic heterocycles. The number of fused-ring (bicyclic) bond motifs is 2. The largest absolute Gasteiger partial charge is 0.492 e. The first-order valence-corrected chi connectivity index (χ1v) is 24.9. The molecular weight excluding hydrogens is 963 g/mol. The summed E-state index contributed by atoms with van der Waals surface area (Å²) in [6.45, 7) is 10.9. The minimum Gasteiger partial charge on any atom is -0.492 e. The van der Waals surface area contributed by atoms with E-state index in [4.69, 9.17) is 54.3 Å². The van der Waals surface area contributed by atoms with Gasteiger partial charge in [-0.2, -0.15) is 42.1 Å². The summed E-state index contributed by atoms with van der Waals surface area (Å²) >= 11 is 18.5.